The molecule has 1 saturated carbocycles. The summed E-state index contributed by atoms with van der Waals surface area (Å²) in [5.41, 5.74) is 5.84. The number of hydrogen-bond donors (Lipinski definition) is 2. The molecule has 0 radical (unpaired) electrons. The van der Waals surface area contributed by atoms with Crippen molar-refractivity contribution >= 4 is 15.7 Å². The summed E-state index contributed by atoms with van der Waals surface area (Å²) in [6, 6.07) is 6.83. The van der Waals surface area contributed by atoms with Crippen LogP contribution in [0.3, 0.4) is 0 Å². The molecule has 5 nitrogen and oxygen atoms in total. The van der Waals surface area contributed by atoms with Crippen molar-refractivity contribution in [3.8, 4) is 0 Å². The van der Waals surface area contributed by atoms with Crippen LogP contribution in [-0.4, -0.2) is 44.5 Å². The highest BCUT2D eigenvalue weighted by Gasteiger charge is 2.24. The maximum Gasteiger partial charge on any atom is 0.179 e. The van der Waals surface area contributed by atoms with Crippen molar-refractivity contribution in [1.82, 2.24) is 4.90 Å². The fourth-order valence-corrected chi connectivity index (χ4v) is 3.61. The van der Waals surface area contributed by atoms with Crippen LogP contribution in [0.5, 0.6) is 0 Å². The third kappa shape index (κ3) is 3.37. The lowest BCUT2D eigenvalue weighted by Gasteiger charge is -2.34. The molecule has 1 fully saturated rings. The normalized spacial score (nSPS) is 16.1. The predicted molar refractivity (Wildman–Crippen MR) is 79.8 cm³/mol. The molecular formula is C14H21N3O2S. The van der Waals surface area contributed by atoms with Crippen molar-refractivity contribution in [2.75, 3.05) is 19.3 Å². The molecule has 1 aliphatic rings. The molecule has 0 heterocycles. The van der Waals surface area contributed by atoms with Gasteiger partial charge in [0.1, 0.15) is 5.84 Å². The Balaban J connectivity index is 2.05. The lowest BCUT2D eigenvalue weighted by atomic mass is 9.92. The molecule has 1 aromatic carbocycles. The van der Waals surface area contributed by atoms with Crippen molar-refractivity contribution in [2.24, 2.45) is 5.73 Å². The number of amidine groups is 1. The van der Waals surface area contributed by atoms with E-state index in [2.05, 4.69) is 4.90 Å². The number of nitrogens with zero attached hydrogens (tertiary/aromatic N) is 1. The topological polar surface area (TPSA) is 87.2 Å². The molecule has 2 rings (SSSR count). The molecule has 0 saturated heterocycles. The molecule has 20 heavy (non-hydrogen) atoms. The van der Waals surface area contributed by atoms with Crippen molar-refractivity contribution in [3.05, 3.63) is 29.8 Å². The molecule has 0 aromatic heterocycles. The van der Waals surface area contributed by atoms with E-state index in [1.807, 2.05) is 7.05 Å². The molecule has 110 valence electrons. The van der Waals surface area contributed by atoms with Crippen LogP contribution in [0.15, 0.2) is 29.2 Å². The van der Waals surface area contributed by atoms with Crippen LogP contribution in [0.4, 0.5) is 0 Å². The average molecular weight is 295 g/mol. The van der Waals surface area contributed by atoms with Crippen LogP contribution in [-0.2, 0) is 9.84 Å². The van der Waals surface area contributed by atoms with E-state index in [-0.39, 0.29) is 16.5 Å². The molecule has 0 unspecified atom stereocenters. The Morgan fingerprint density at radius 3 is 2.70 bits per heavy atom. The van der Waals surface area contributed by atoms with Gasteiger partial charge in [-0.1, -0.05) is 18.6 Å². The molecule has 0 bridgehead atoms. The lowest BCUT2D eigenvalue weighted by molar-refractivity contribution is 0.168. The SMILES string of the molecule is CN(CCS(=O)(=O)c1cccc(C(=N)N)c1)C1CCC1. The first kappa shape index (κ1) is 15.0. The predicted octanol–water partition coefficient (Wildman–Crippen LogP) is 1.23. The van der Waals surface area contributed by atoms with Crippen molar-refractivity contribution in [2.45, 2.75) is 30.2 Å². The summed E-state index contributed by atoms with van der Waals surface area (Å²) in [5.74, 6) is -0.0184. The third-order valence-corrected chi connectivity index (χ3v) is 5.61. The highest BCUT2D eigenvalue weighted by Crippen LogP contribution is 2.23. The summed E-state index contributed by atoms with van der Waals surface area (Å²) in [4.78, 5) is 2.36. The molecular weight excluding hydrogens is 274 g/mol. The number of rotatable bonds is 6. The number of hydrogen-bond acceptors (Lipinski definition) is 4. The van der Waals surface area contributed by atoms with Crippen LogP contribution >= 0.6 is 0 Å². The van der Waals surface area contributed by atoms with Gasteiger partial charge in [-0.2, -0.15) is 0 Å². The van der Waals surface area contributed by atoms with E-state index in [0.717, 1.165) is 12.8 Å². The smallest absolute Gasteiger partial charge is 0.179 e. The summed E-state index contributed by atoms with van der Waals surface area (Å²) in [5, 5.41) is 7.37. The number of nitrogens with two attached hydrogens (primary N) is 1. The summed E-state index contributed by atoms with van der Waals surface area (Å²) in [7, 11) is -1.35. The maximum absolute atomic E-state index is 12.3. The van der Waals surface area contributed by atoms with E-state index in [0.29, 0.717) is 18.2 Å². The lowest BCUT2D eigenvalue weighted by Crippen LogP contribution is -2.39. The Morgan fingerprint density at radius 2 is 2.15 bits per heavy atom. The number of nitrogens with one attached hydrogen (secondary N) is 1. The Kier molecular flexibility index (Phi) is 4.45. The molecule has 3 N–H and O–H groups in total. The number of nitrogen functional groups attached to an aromatic ring is 1. The first-order valence-corrected chi connectivity index (χ1v) is 8.43. The van der Waals surface area contributed by atoms with Gasteiger partial charge in [-0.05, 0) is 32.0 Å². The average Bonchev–Trinajstić information content (AvgIpc) is 2.34. The Morgan fingerprint density at radius 1 is 1.45 bits per heavy atom. The van der Waals surface area contributed by atoms with Gasteiger partial charge in [-0.3, -0.25) is 5.41 Å². The highest BCUT2D eigenvalue weighted by atomic mass is 32.2. The van der Waals surface area contributed by atoms with Crippen molar-refractivity contribution < 1.29 is 8.42 Å². The standard InChI is InChI=1S/C14H21N3O2S/c1-17(12-5-3-6-12)8-9-20(18,19)13-7-2-4-11(10-13)14(15)16/h2,4,7,10,12H,3,5-6,8-9H2,1H3,(H3,15,16). The maximum atomic E-state index is 12.3. The summed E-state index contributed by atoms with van der Waals surface area (Å²) in [6.45, 7) is 0.539. The van der Waals surface area contributed by atoms with E-state index in [1.54, 1.807) is 18.2 Å². The second-order valence-electron chi connectivity index (χ2n) is 5.33. The molecule has 0 aliphatic heterocycles. The van der Waals surface area contributed by atoms with E-state index in [1.165, 1.54) is 12.5 Å². The van der Waals surface area contributed by atoms with Gasteiger partial charge in [0, 0.05) is 18.2 Å². The van der Waals surface area contributed by atoms with Gasteiger partial charge in [-0.15, -0.1) is 0 Å². The summed E-state index contributed by atoms with van der Waals surface area (Å²) >= 11 is 0. The van der Waals surface area contributed by atoms with E-state index >= 15 is 0 Å². The first-order chi connectivity index (χ1) is 9.40. The molecule has 1 aromatic rings. The van der Waals surface area contributed by atoms with Crippen molar-refractivity contribution in [1.29, 1.82) is 5.41 Å². The van der Waals surface area contributed by atoms with Crippen molar-refractivity contribution in [3.63, 3.8) is 0 Å². The number of sulfone groups is 1. The van der Waals surface area contributed by atoms with Crippen LogP contribution in [0, 0.1) is 5.41 Å². The zero-order valence-electron chi connectivity index (χ0n) is 11.7. The summed E-state index contributed by atoms with van der Waals surface area (Å²) < 4.78 is 24.6. The second kappa shape index (κ2) is 5.93. The fraction of sp³-hybridized carbons (Fsp3) is 0.500. The zero-order chi connectivity index (χ0) is 14.8. The third-order valence-electron chi connectivity index (χ3n) is 3.91. The van der Waals surface area contributed by atoms with Gasteiger partial charge in [0.25, 0.3) is 0 Å². The Hall–Kier alpha value is -1.40. The highest BCUT2D eigenvalue weighted by molar-refractivity contribution is 7.91. The van der Waals surface area contributed by atoms with Crippen LogP contribution in [0.2, 0.25) is 0 Å². The van der Waals surface area contributed by atoms with E-state index < -0.39 is 9.84 Å². The van der Waals surface area contributed by atoms with Crippen LogP contribution in [0.1, 0.15) is 24.8 Å². The minimum absolute atomic E-state index is 0.0986. The minimum atomic E-state index is -3.32. The van der Waals surface area contributed by atoms with Gasteiger partial charge in [0.2, 0.25) is 0 Å². The molecule has 1 aliphatic carbocycles. The van der Waals surface area contributed by atoms with Gasteiger partial charge in [-0.25, -0.2) is 8.42 Å². The quantitative estimate of drug-likeness (QED) is 0.610. The van der Waals surface area contributed by atoms with E-state index in [4.69, 9.17) is 11.1 Å². The zero-order valence-corrected chi connectivity index (χ0v) is 12.5. The largest absolute Gasteiger partial charge is 0.384 e. The van der Waals surface area contributed by atoms with Gasteiger partial charge < -0.3 is 10.6 Å². The van der Waals surface area contributed by atoms with Gasteiger partial charge in [0.05, 0.1) is 10.6 Å². The second-order valence-corrected chi connectivity index (χ2v) is 7.43. The Bertz CT molecular complexity index is 594. The summed E-state index contributed by atoms with van der Waals surface area (Å²) in [6.07, 6.45) is 3.56. The van der Waals surface area contributed by atoms with E-state index in [9.17, 15) is 8.42 Å². The van der Waals surface area contributed by atoms with Gasteiger partial charge in [0.15, 0.2) is 9.84 Å². The number of benzene rings is 1. The van der Waals surface area contributed by atoms with Crippen LogP contribution in [0.25, 0.3) is 0 Å². The fourth-order valence-electron chi connectivity index (χ4n) is 2.25. The minimum Gasteiger partial charge on any atom is -0.384 e. The Labute approximate surface area is 120 Å². The first-order valence-electron chi connectivity index (χ1n) is 6.77. The molecule has 6 heteroatoms. The molecule has 0 amide bonds. The molecule has 0 spiro atoms. The molecule has 0 atom stereocenters. The van der Waals surface area contributed by atoms with Crippen LogP contribution < -0.4 is 5.73 Å². The monoisotopic (exact) mass is 295 g/mol. The van der Waals surface area contributed by atoms with Gasteiger partial charge >= 0.3 is 0 Å².